The second-order valence-electron chi connectivity index (χ2n) is 16.7. The second-order valence-corrected chi connectivity index (χ2v) is 17.9. The summed E-state index contributed by atoms with van der Waals surface area (Å²) in [4.78, 5) is 65.1. The molecule has 0 bridgehead atoms. The molecule has 0 spiro atoms. The number of methoxy groups -OCH3 is 1. The van der Waals surface area contributed by atoms with Crippen molar-refractivity contribution in [3.63, 3.8) is 0 Å². The standard InChI is InChI=1S/C52H66N6O10S/c1-64-52(63)47-17-10-15-44(55-47)37-56-24-28-65-32-33-66-29-25-57(36-43-14-9-16-46(54-43)51(61)62)27-31-68-45(38-67-30-26-56)39-69-34-8-2-7-23-53-49(59)21-22-50(60)58-35-42-13-4-3-11-40(42)19-20-41-12-5-6-18-48(41)58/h3-6,9-20,45H,2,7-8,21-39H2,1H3,(H,53,59)(H,61,62)/b20-19-/t45-/m0/s1. The number of hydrogen-bond acceptors (Lipinski definition) is 14. The number of carbonyl (C=O) groups excluding carboxylic acids is 3. The first-order chi connectivity index (χ1) is 33.7. The molecule has 1 fully saturated rings. The molecule has 4 aromatic rings. The highest BCUT2D eigenvalue weighted by Gasteiger charge is 2.22. The Morgan fingerprint density at radius 1 is 0.710 bits per heavy atom. The van der Waals surface area contributed by atoms with Gasteiger partial charge in [0, 0.05) is 64.4 Å². The van der Waals surface area contributed by atoms with Crippen molar-refractivity contribution in [1.82, 2.24) is 25.1 Å². The summed E-state index contributed by atoms with van der Waals surface area (Å²) in [5.41, 5.74) is 5.58. The fourth-order valence-corrected chi connectivity index (χ4v) is 8.88. The van der Waals surface area contributed by atoms with Crippen LogP contribution in [0.2, 0.25) is 0 Å². The Morgan fingerprint density at radius 3 is 2.07 bits per heavy atom. The highest BCUT2D eigenvalue weighted by atomic mass is 32.2. The number of ether oxygens (including phenoxy) is 5. The van der Waals surface area contributed by atoms with Crippen LogP contribution in [0.4, 0.5) is 5.69 Å². The smallest absolute Gasteiger partial charge is 0.356 e. The van der Waals surface area contributed by atoms with Crippen LogP contribution in [0.25, 0.3) is 12.2 Å². The Morgan fingerprint density at radius 2 is 1.35 bits per heavy atom. The molecule has 2 aliphatic rings. The number of rotatable bonds is 17. The van der Waals surface area contributed by atoms with Gasteiger partial charge in [-0.15, -0.1) is 0 Å². The molecule has 0 aliphatic carbocycles. The maximum Gasteiger partial charge on any atom is 0.356 e. The number of carbonyl (C=O) groups is 4. The number of benzene rings is 2. The zero-order chi connectivity index (χ0) is 48.5. The number of carboxylic acids is 1. The van der Waals surface area contributed by atoms with Crippen molar-refractivity contribution >= 4 is 53.4 Å². The molecule has 17 heteroatoms. The average molecular weight is 967 g/mol. The third-order valence-electron chi connectivity index (χ3n) is 11.6. The topological polar surface area (TPSA) is 182 Å². The van der Waals surface area contributed by atoms with Crippen molar-refractivity contribution in [2.24, 2.45) is 0 Å². The largest absolute Gasteiger partial charge is 0.477 e. The van der Waals surface area contributed by atoms with Gasteiger partial charge in [0.15, 0.2) is 0 Å². The molecular formula is C52H66N6O10S. The predicted molar refractivity (Wildman–Crippen MR) is 266 cm³/mol. The van der Waals surface area contributed by atoms with Crippen LogP contribution >= 0.6 is 11.8 Å². The van der Waals surface area contributed by atoms with E-state index in [-0.39, 0.29) is 42.1 Å². The first kappa shape index (κ1) is 52.8. The van der Waals surface area contributed by atoms with Crippen LogP contribution in [0, 0.1) is 0 Å². The number of esters is 1. The second kappa shape index (κ2) is 29.5. The van der Waals surface area contributed by atoms with E-state index in [4.69, 9.17) is 23.7 Å². The van der Waals surface area contributed by atoms with Crippen LogP contribution in [-0.2, 0) is 52.9 Å². The van der Waals surface area contributed by atoms with Gasteiger partial charge in [-0.2, -0.15) is 11.8 Å². The molecule has 0 unspecified atom stereocenters. The molecule has 2 aromatic heterocycles. The third kappa shape index (κ3) is 18.4. The summed E-state index contributed by atoms with van der Waals surface area (Å²) >= 11 is 1.80. The predicted octanol–water partition coefficient (Wildman–Crippen LogP) is 6.23. The van der Waals surface area contributed by atoms with Crippen molar-refractivity contribution in [3.05, 3.63) is 124 Å². The van der Waals surface area contributed by atoms with Gasteiger partial charge in [-0.25, -0.2) is 19.6 Å². The SMILES string of the molecule is COC(=O)c1cccc(CN2CCOCCOCCN(Cc3cccc(C(=O)O)n3)CCO[C@H](CSCCCCCNC(=O)CCC(=O)N3Cc4ccccc4/C=C\c4ccccc43)COCC2)n1. The molecular weight excluding hydrogens is 901 g/mol. The molecule has 0 radical (unpaired) electrons. The number of aromatic nitrogens is 2. The van der Waals surface area contributed by atoms with Gasteiger partial charge >= 0.3 is 11.9 Å². The number of anilines is 1. The summed E-state index contributed by atoms with van der Waals surface area (Å²) in [5.74, 6) is -0.127. The lowest BCUT2D eigenvalue weighted by atomic mass is 10.0. The zero-order valence-corrected chi connectivity index (χ0v) is 40.5. The lowest BCUT2D eigenvalue weighted by Gasteiger charge is -2.27. The van der Waals surface area contributed by atoms with Gasteiger partial charge < -0.3 is 39.0 Å². The van der Waals surface area contributed by atoms with E-state index in [1.165, 1.54) is 13.2 Å². The van der Waals surface area contributed by atoms with Crippen LogP contribution in [0.3, 0.4) is 0 Å². The summed E-state index contributed by atoms with van der Waals surface area (Å²) in [6.45, 7) is 7.33. The Kier molecular flexibility index (Phi) is 22.6. The van der Waals surface area contributed by atoms with Crippen molar-refractivity contribution in [2.75, 3.05) is 102 Å². The highest BCUT2D eigenvalue weighted by Crippen LogP contribution is 2.29. The molecule has 2 aliphatic heterocycles. The van der Waals surface area contributed by atoms with Gasteiger partial charge in [-0.3, -0.25) is 19.4 Å². The molecule has 0 saturated carbocycles. The molecule has 2 aromatic carbocycles. The number of fused-ring (bicyclic) bond motifs is 2. The van der Waals surface area contributed by atoms with Crippen molar-refractivity contribution in [2.45, 2.75) is 57.8 Å². The van der Waals surface area contributed by atoms with Gasteiger partial charge in [0.1, 0.15) is 11.4 Å². The third-order valence-corrected chi connectivity index (χ3v) is 12.8. The molecule has 1 saturated heterocycles. The average Bonchev–Trinajstić information content (AvgIpc) is 3.35. The van der Waals surface area contributed by atoms with Crippen molar-refractivity contribution < 1.29 is 48.0 Å². The van der Waals surface area contributed by atoms with E-state index in [0.29, 0.717) is 104 Å². The number of aromatic carboxylic acids is 1. The lowest BCUT2D eigenvalue weighted by Crippen LogP contribution is -2.35. The fraction of sp³-hybridized carbons (Fsp3) is 0.462. The van der Waals surface area contributed by atoms with Gasteiger partial charge in [-0.05, 0) is 65.6 Å². The number of amides is 2. The van der Waals surface area contributed by atoms with Crippen molar-refractivity contribution in [1.29, 1.82) is 0 Å². The maximum atomic E-state index is 13.6. The van der Waals surface area contributed by atoms with Crippen LogP contribution in [0.1, 0.15) is 81.2 Å². The molecule has 16 nitrogen and oxygen atoms in total. The number of para-hydroxylation sites is 1. The van der Waals surface area contributed by atoms with Gasteiger partial charge in [0.25, 0.3) is 0 Å². The summed E-state index contributed by atoms with van der Waals surface area (Å²) in [6, 6.07) is 26.2. The molecule has 1 atom stereocenters. The van der Waals surface area contributed by atoms with Gasteiger partial charge in [-0.1, -0.05) is 73.2 Å². The minimum absolute atomic E-state index is 0.00141. The Balaban J connectivity index is 0.953. The molecule has 4 heterocycles. The van der Waals surface area contributed by atoms with Gasteiger partial charge in [0.2, 0.25) is 11.8 Å². The molecule has 2 N–H and O–H groups in total. The first-order valence-corrected chi connectivity index (χ1v) is 24.9. The van der Waals surface area contributed by atoms with E-state index in [1.807, 2.05) is 66.7 Å². The van der Waals surface area contributed by atoms with E-state index in [0.717, 1.165) is 58.8 Å². The van der Waals surface area contributed by atoms with E-state index < -0.39 is 11.9 Å². The Labute approximate surface area is 409 Å². The van der Waals surface area contributed by atoms with Crippen LogP contribution in [0.5, 0.6) is 0 Å². The zero-order valence-electron chi connectivity index (χ0n) is 39.6. The quantitative estimate of drug-likeness (QED) is 0.0897. The molecule has 69 heavy (non-hydrogen) atoms. The minimum atomic E-state index is -1.07. The summed E-state index contributed by atoms with van der Waals surface area (Å²) in [5, 5.41) is 12.5. The Hall–Kier alpha value is -5.53. The van der Waals surface area contributed by atoms with E-state index in [9.17, 15) is 24.3 Å². The number of nitrogens with zero attached hydrogens (tertiary/aromatic N) is 5. The monoisotopic (exact) mass is 966 g/mol. The van der Waals surface area contributed by atoms with E-state index in [1.54, 1.807) is 34.9 Å². The minimum Gasteiger partial charge on any atom is -0.477 e. The summed E-state index contributed by atoms with van der Waals surface area (Å²) in [6.07, 6.45) is 6.93. The normalized spacial score (nSPS) is 17.5. The number of thioether (sulfide) groups is 1. The fourth-order valence-electron chi connectivity index (χ4n) is 7.85. The highest BCUT2D eigenvalue weighted by molar-refractivity contribution is 7.99. The first-order valence-electron chi connectivity index (χ1n) is 23.8. The number of pyridine rings is 2. The van der Waals surface area contributed by atoms with Crippen LogP contribution in [0.15, 0.2) is 84.9 Å². The molecule has 6 rings (SSSR count). The lowest BCUT2D eigenvalue weighted by molar-refractivity contribution is -0.125. The van der Waals surface area contributed by atoms with Gasteiger partial charge in [0.05, 0.1) is 83.1 Å². The molecule has 370 valence electrons. The number of nitrogens with one attached hydrogen (secondary N) is 1. The van der Waals surface area contributed by atoms with Crippen LogP contribution in [-0.4, -0.2) is 152 Å². The van der Waals surface area contributed by atoms with Crippen molar-refractivity contribution in [3.8, 4) is 0 Å². The Bertz CT molecular complexity index is 2280. The number of carboxylic acid groups (broad SMARTS) is 1. The van der Waals surface area contributed by atoms with E-state index in [2.05, 4.69) is 31.2 Å². The number of unbranched alkanes of at least 4 members (excludes halogenated alkanes) is 2. The van der Waals surface area contributed by atoms with E-state index >= 15 is 0 Å². The molecule has 2 amide bonds. The number of hydrogen-bond donors (Lipinski definition) is 2. The summed E-state index contributed by atoms with van der Waals surface area (Å²) < 4.78 is 29.4. The van der Waals surface area contributed by atoms with Crippen LogP contribution < -0.4 is 10.2 Å². The maximum absolute atomic E-state index is 13.6. The summed E-state index contributed by atoms with van der Waals surface area (Å²) in [7, 11) is 1.34.